The molecular weight excluding hydrogens is 236 g/mol. The highest BCUT2D eigenvalue weighted by Crippen LogP contribution is 2.33. The Labute approximate surface area is 113 Å². The van der Waals surface area contributed by atoms with E-state index in [0.29, 0.717) is 24.5 Å². The predicted molar refractivity (Wildman–Crippen MR) is 75.9 cm³/mol. The smallest absolute Gasteiger partial charge is 0.144 e. The summed E-state index contributed by atoms with van der Waals surface area (Å²) < 4.78 is 5.65. The summed E-state index contributed by atoms with van der Waals surface area (Å²) in [4.78, 5) is 0. The van der Waals surface area contributed by atoms with Crippen LogP contribution in [0.5, 0.6) is 5.75 Å². The second-order valence-corrected chi connectivity index (χ2v) is 4.30. The molecule has 0 radical (unpaired) electrons. The van der Waals surface area contributed by atoms with Gasteiger partial charge in [0, 0.05) is 12.1 Å². The first-order valence-electron chi connectivity index (χ1n) is 6.19. The first kappa shape index (κ1) is 13.1. The SMILES string of the molecule is Cc1ccc(-c2cccc(C#N)c2OCCN)cc1. The van der Waals surface area contributed by atoms with Crippen molar-refractivity contribution in [2.75, 3.05) is 13.2 Å². The number of nitriles is 1. The molecule has 0 spiro atoms. The van der Waals surface area contributed by atoms with Gasteiger partial charge in [0.2, 0.25) is 0 Å². The van der Waals surface area contributed by atoms with Crippen molar-refractivity contribution in [3.63, 3.8) is 0 Å². The maximum absolute atomic E-state index is 9.17. The fourth-order valence-corrected chi connectivity index (χ4v) is 1.90. The van der Waals surface area contributed by atoms with Crippen LogP contribution in [-0.2, 0) is 0 Å². The summed E-state index contributed by atoms with van der Waals surface area (Å²) >= 11 is 0. The summed E-state index contributed by atoms with van der Waals surface area (Å²) in [5.74, 6) is 0.610. The molecule has 0 heterocycles. The van der Waals surface area contributed by atoms with Crippen LogP contribution in [0.25, 0.3) is 11.1 Å². The molecule has 0 aliphatic heterocycles. The summed E-state index contributed by atoms with van der Waals surface area (Å²) in [5.41, 5.74) is 9.16. The van der Waals surface area contributed by atoms with E-state index >= 15 is 0 Å². The van der Waals surface area contributed by atoms with Gasteiger partial charge in [0.15, 0.2) is 0 Å². The van der Waals surface area contributed by atoms with E-state index in [1.165, 1.54) is 5.56 Å². The summed E-state index contributed by atoms with van der Waals surface area (Å²) in [6.45, 7) is 2.87. The van der Waals surface area contributed by atoms with Crippen LogP contribution in [-0.4, -0.2) is 13.2 Å². The zero-order valence-corrected chi connectivity index (χ0v) is 10.9. The Balaban J connectivity index is 2.49. The lowest BCUT2D eigenvalue weighted by atomic mass is 10.0. The quantitative estimate of drug-likeness (QED) is 0.910. The van der Waals surface area contributed by atoms with Crippen molar-refractivity contribution in [1.29, 1.82) is 5.26 Å². The second-order valence-electron chi connectivity index (χ2n) is 4.30. The Morgan fingerprint density at radius 3 is 2.53 bits per heavy atom. The van der Waals surface area contributed by atoms with Crippen molar-refractivity contribution >= 4 is 0 Å². The number of hydrogen-bond acceptors (Lipinski definition) is 3. The standard InChI is InChI=1S/C16H16N2O/c1-12-5-7-13(8-6-12)15-4-2-3-14(11-18)16(15)19-10-9-17/h2-8H,9-10,17H2,1H3. The lowest BCUT2D eigenvalue weighted by Gasteiger charge is -2.12. The van der Waals surface area contributed by atoms with Crippen LogP contribution in [0.3, 0.4) is 0 Å². The van der Waals surface area contributed by atoms with Crippen LogP contribution in [0.1, 0.15) is 11.1 Å². The zero-order chi connectivity index (χ0) is 13.7. The molecule has 3 nitrogen and oxygen atoms in total. The highest BCUT2D eigenvalue weighted by Gasteiger charge is 2.11. The van der Waals surface area contributed by atoms with Gasteiger partial charge in [0.05, 0.1) is 5.56 Å². The molecule has 0 aromatic heterocycles. The minimum atomic E-state index is 0.400. The van der Waals surface area contributed by atoms with Gasteiger partial charge in [0.25, 0.3) is 0 Å². The van der Waals surface area contributed by atoms with Crippen molar-refractivity contribution in [2.45, 2.75) is 6.92 Å². The summed E-state index contributed by atoms with van der Waals surface area (Å²) in [6, 6.07) is 15.9. The average molecular weight is 252 g/mol. The number of benzene rings is 2. The molecule has 0 amide bonds. The van der Waals surface area contributed by atoms with Gasteiger partial charge in [-0.1, -0.05) is 42.0 Å². The van der Waals surface area contributed by atoms with Gasteiger partial charge in [0.1, 0.15) is 18.4 Å². The molecule has 0 unspecified atom stereocenters. The number of aryl methyl sites for hydroxylation is 1. The van der Waals surface area contributed by atoms with Crippen LogP contribution in [0.4, 0.5) is 0 Å². The Morgan fingerprint density at radius 1 is 1.16 bits per heavy atom. The molecule has 2 rings (SSSR count). The minimum Gasteiger partial charge on any atom is -0.490 e. The van der Waals surface area contributed by atoms with E-state index in [4.69, 9.17) is 10.5 Å². The van der Waals surface area contributed by atoms with Gasteiger partial charge in [-0.05, 0) is 18.6 Å². The fourth-order valence-electron chi connectivity index (χ4n) is 1.90. The fraction of sp³-hybridized carbons (Fsp3) is 0.188. The van der Waals surface area contributed by atoms with E-state index in [1.807, 2.05) is 43.3 Å². The van der Waals surface area contributed by atoms with E-state index in [9.17, 15) is 5.26 Å². The molecule has 0 atom stereocenters. The number of para-hydroxylation sites is 1. The van der Waals surface area contributed by atoms with E-state index < -0.39 is 0 Å². The third-order valence-corrected chi connectivity index (χ3v) is 2.86. The van der Waals surface area contributed by atoms with Crippen LogP contribution in [0.15, 0.2) is 42.5 Å². The Kier molecular flexibility index (Phi) is 4.17. The summed E-state index contributed by atoms with van der Waals surface area (Å²) in [7, 11) is 0. The van der Waals surface area contributed by atoms with Crippen LogP contribution in [0.2, 0.25) is 0 Å². The third kappa shape index (κ3) is 2.93. The molecule has 0 fully saturated rings. The predicted octanol–water partition coefficient (Wildman–Crippen LogP) is 2.87. The first-order chi connectivity index (χ1) is 9.26. The number of nitrogens with zero attached hydrogens (tertiary/aromatic N) is 1. The normalized spacial score (nSPS) is 9.95. The zero-order valence-electron chi connectivity index (χ0n) is 10.9. The molecule has 2 N–H and O–H groups in total. The van der Waals surface area contributed by atoms with Crippen molar-refractivity contribution in [2.24, 2.45) is 5.73 Å². The number of hydrogen-bond donors (Lipinski definition) is 1. The Hall–Kier alpha value is -2.31. The molecule has 2 aromatic carbocycles. The highest BCUT2D eigenvalue weighted by atomic mass is 16.5. The van der Waals surface area contributed by atoms with Crippen LogP contribution in [0, 0.1) is 18.3 Å². The van der Waals surface area contributed by atoms with Gasteiger partial charge in [-0.25, -0.2) is 0 Å². The molecule has 0 aliphatic rings. The monoisotopic (exact) mass is 252 g/mol. The topological polar surface area (TPSA) is 59.0 Å². The molecule has 3 heteroatoms. The van der Waals surface area contributed by atoms with E-state index in [2.05, 4.69) is 6.07 Å². The van der Waals surface area contributed by atoms with E-state index in [1.54, 1.807) is 6.07 Å². The molecule has 2 aromatic rings. The average Bonchev–Trinajstić information content (AvgIpc) is 2.45. The number of ether oxygens (including phenoxy) is 1. The summed E-state index contributed by atoms with van der Waals surface area (Å²) in [5, 5.41) is 9.17. The lowest BCUT2D eigenvalue weighted by molar-refractivity contribution is 0.328. The van der Waals surface area contributed by atoms with Gasteiger partial charge in [-0.15, -0.1) is 0 Å². The van der Waals surface area contributed by atoms with Gasteiger partial charge >= 0.3 is 0 Å². The maximum Gasteiger partial charge on any atom is 0.144 e. The van der Waals surface area contributed by atoms with Crippen LogP contribution >= 0.6 is 0 Å². The second kappa shape index (κ2) is 6.03. The highest BCUT2D eigenvalue weighted by molar-refractivity contribution is 5.73. The van der Waals surface area contributed by atoms with Crippen molar-refractivity contribution in [3.8, 4) is 22.9 Å². The molecule has 96 valence electrons. The Bertz CT molecular complexity index is 597. The summed E-state index contributed by atoms with van der Waals surface area (Å²) in [6.07, 6.45) is 0. The maximum atomic E-state index is 9.17. The third-order valence-electron chi connectivity index (χ3n) is 2.86. The molecule has 0 saturated heterocycles. The van der Waals surface area contributed by atoms with Crippen LogP contribution < -0.4 is 10.5 Å². The van der Waals surface area contributed by atoms with E-state index in [-0.39, 0.29) is 0 Å². The number of nitrogens with two attached hydrogens (primary N) is 1. The molecule has 0 aliphatic carbocycles. The van der Waals surface area contributed by atoms with Crippen molar-refractivity contribution in [1.82, 2.24) is 0 Å². The largest absolute Gasteiger partial charge is 0.490 e. The van der Waals surface area contributed by atoms with Crippen molar-refractivity contribution in [3.05, 3.63) is 53.6 Å². The van der Waals surface area contributed by atoms with Gasteiger partial charge in [-0.2, -0.15) is 5.26 Å². The molecule has 19 heavy (non-hydrogen) atoms. The first-order valence-corrected chi connectivity index (χ1v) is 6.19. The molecule has 0 bridgehead atoms. The number of rotatable bonds is 4. The van der Waals surface area contributed by atoms with Crippen molar-refractivity contribution < 1.29 is 4.74 Å². The van der Waals surface area contributed by atoms with Gasteiger partial charge < -0.3 is 10.5 Å². The van der Waals surface area contributed by atoms with Gasteiger partial charge in [-0.3, -0.25) is 0 Å². The molecular formula is C16H16N2O. The minimum absolute atomic E-state index is 0.400. The Morgan fingerprint density at radius 2 is 1.89 bits per heavy atom. The molecule has 0 saturated carbocycles. The van der Waals surface area contributed by atoms with E-state index in [0.717, 1.165) is 11.1 Å². The lowest BCUT2D eigenvalue weighted by Crippen LogP contribution is -2.11.